The normalized spacial score (nSPS) is 48.7. The van der Waals surface area contributed by atoms with Crippen molar-refractivity contribution in [1.29, 1.82) is 0 Å². The van der Waals surface area contributed by atoms with Crippen molar-refractivity contribution in [3.05, 3.63) is 11.6 Å². The number of carbonyl (C=O) groups excluding carboxylic acids is 1. The third-order valence-corrected chi connectivity index (χ3v) is 9.54. The third kappa shape index (κ3) is 2.53. The van der Waals surface area contributed by atoms with E-state index in [0.717, 1.165) is 23.7 Å². The van der Waals surface area contributed by atoms with Gasteiger partial charge in [0.1, 0.15) is 0 Å². The number of hydrogen-bond donors (Lipinski definition) is 0. The number of carbonyl (C=O) groups is 1. The SMILES string of the molecule is COC(=O)[C@@H](C)[C@H]1CCC2C3CC[C@@H]4C[C@H](C)CC[C@]4(C)C3=CC[C@@]21C. The number of esters is 1. The number of allylic oxidation sites excluding steroid dienone is 2. The Morgan fingerprint density at radius 1 is 1.19 bits per heavy atom. The largest absolute Gasteiger partial charge is 0.469 e. The predicted molar refractivity (Wildman–Crippen MR) is 106 cm³/mol. The van der Waals surface area contributed by atoms with Gasteiger partial charge in [-0.05, 0) is 91.8 Å². The van der Waals surface area contributed by atoms with E-state index in [1.165, 1.54) is 51.4 Å². The van der Waals surface area contributed by atoms with Crippen LogP contribution in [-0.2, 0) is 9.53 Å². The van der Waals surface area contributed by atoms with Crippen LogP contribution in [-0.4, -0.2) is 13.1 Å². The molecule has 3 fully saturated rings. The van der Waals surface area contributed by atoms with E-state index < -0.39 is 0 Å². The van der Waals surface area contributed by atoms with E-state index in [2.05, 4.69) is 33.8 Å². The quantitative estimate of drug-likeness (QED) is 0.446. The molecular formula is C24H38O2. The maximum Gasteiger partial charge on any atom is 0.308 e. The molecule has 0 aromatic carbocycles. The van der Waals surface area contributed by atoms with E-state index in [0.29, 0.717) is 11.3 Å². The first-order valence-corrected chi connectivity index (χ1v) is 11.1. The van der Waals surface area contributed by atoms with Crippen LogP contribution in [0.15, 0.2) is 11.6 Å². The van der Waals surface area contributed by atoms with E-state index in [9.17, 15) is 4.79 Å². The standard InChI is InChI=1S/C24H38O2/c1-15-10-12-23(3)17(14-15)6-7-18-20-9-8-19(16(2)22(25)26-5)24(20,4)13-11-21(18)23/h11,15-20H,6-10,12-14H2,1-5H3/t15-,16+,17-,18?,19-,20?,23+,24-/m1/s1. The summed E-state index contributed by atoms with van der Waals surface area (Å²) in [6.07, 6.45) is 13.4. The highest BCUT2D eigenvalue weighted by atomic mass is 16.5. The van der Waals surface area contributed by atoms with Gasteiger partial charge in [0.05, 0.1) is 13.0 Å². The molecule has 0 bridgehead atoms. The molecule has 4 rings (SSSR count). The second-order valence-corrected chi connectivity index (χ2v) is 10.6. The fraction of sp³-hybridized carbons (Fsp3) is 0.875. The van der Waals surface area contributed by atoms with E-state index in [-0.39, 0.29) is 17.3 Å². The molecule has 0 N–H and O–H groups in total. The first-order valence-electron chi connectivity index (χ1n) is 11.1. The molecule has 4 aliphatic carbocycles. The Labute approximate surface area is 160 Å². The molecule has 2 unspecified atom stereocenters. The molecule has 0 radical (unpaired) electrons. The first kappa shape index (κ1) is 18.6. The number of rotatable bonds is 2. The third-order valence-electron chi connectivity index (χ3n) is 9.54. The summed E-state index contributed by atoms with van der Waals surface area (Å²) >= 11 is 0. The van der Waals surface area contributed by atoms with Gasteiger partial charge in [0.2, 0.25) is 0 Å². The van der Waals surface area contributed by atoms with Crippen molar-refractivity contribution in [2.45, 2.75) is 79.1 Å². The average molecular weight is 359 g/mol. The number of hydrogen-bond acceptors (Lipinski definition) is 2. The van der Waals surface area contributed by atoms with E-state index >= 15 is 0 Å². The molecular weight excluding hydrogens is 320 g/mol. The van der Waals surface area contributed by atoms with Gasteiger partial charge in [0.15, 0.2) is 0 Å². The van der Waals surface area contributed by atoms with Crippen LogP contribution < -0.4 is 0 Å². The smallest absolute Gasteiger partial charge is 0.308 e. The summed E-state index contributed by atoms with van der Waals surface area (Å²) in [5.74, 6) is 3.88. The molecule has 26 heavy (non-hydrogen) atoms. The average Bonchev–Trinajstić information content (AvgIpc) is 2.98. The summed E-state index contributed by atoms with van der Waals surface area (Å²) in [5, 5.41) is 0. The van der Waals surface area contributed by atoms with Gasteiger partial charge in [-0.2, -0.15) is 0 Å². The second-order valence-electron chi connectivity index (χ2n) is 10.6. The maximum absolute atomic E-state index is 12.2. The van der Waals surface area contributed by atoms with E-state index in [1.54, 1.807) is 7.11 Å². The molecule has 0 aliphatic heterocycles. The minimum absolute atomic E-state index is 0.0106. The monoisotopic (exact) mass is 358 g/mol. The minimum atomic E-state index is -0.0106. The molecule has 8 atom stereocenters. The van der Waals surface area contributed by atoms with Crippen molar-refractivity contribution in [3.8, 4) is 0 Å². The van der Waals surface area contributed by atoms with Crippen LogP contribution in [0.3, 0.4) is 0 Å². The molecule has 0 spiro atoms. The summed E-state index contributed by atoms with van der Waals surface area (Å²) in [4.78, 5) is 12.2. The van der Waals surface area contributed by atoms with Gasteiger partial charge in [-0.15, -0.1) is 0 Å². The highest BCUT2D eigenvalue weighted by Gasteiger charge is 2.58. The summed E-state index contributed by atoms with van der Waals surface area (Å²) in [5.41, 5.74) is 2.57. The lowest BCUT2D eigenvalue weighted by Gasteiger charge is -2.57. The maximum atomic E-state index is 12.2. The van der Waals surface area contributed by atoms with Crippen LogP contribution in [0.1, 0.15) is 79.1 Å². The molecule has 146 valence electrons. The number of methoxy groups -OCH3 is 1. The molecule has 2 heteroatoms. The Bertz CT molecular complexity index is 607. The lowest BCUT2D eigenvalue weighted by molar-refractivity contribution is -0.148. The molecule has 3 saturated carbocycles. The van der Waals surface area contributed by atoms with Crippen molar-refractivity contribution in [3.63, 3.8) is 0 Å². The summed E-state index contributed by atoms with van der Waals surface area (Å²) in [6, 6.07) is 0. The fourth-order valence-electron chi connectivity index (χ4n) is 7.95. The molecule has 0 aromatic rings. The summed E-state index contributed by atoms with van der Waals surface area (Å²) in [7, 11) is 1.54. The number of ether oxygens (including phenoxy) is 1. The van der Waals surface area contributed by atoms with Crippen LogP contribution >= 0.6 is 0 Å². The van der Waals surface area contributed by atoms with E-state index in [4.69, 9.17) is 4.74 Å². The van der Waals surface area contributed by atoms with Gasteiger partial charge in [-0.1, -0.05) is 39.3 Å². The highest BCUT2D eigenvalue weighted by molar-refractivity contribution is 5.72. The lowest BCUT2D eigenvalue weighted by atomic mass is 9.48. The fourth-order valence-corrected chi connectivity index (χ4v) is 7.95. The molecule has 4 aliphatic rings. The Morgan fingerprint density at radius 2 is 1.96 bits per heavy atom. The van der Waals surface area contributed by atoms with Gasteiger partial charge >= 0.3 is 5.97 Å². The Morgan fingerprint density at radius 3 is 2.69 bits per heavy atom. The zero-order chi connectivity index (χ0) is 18.7. The van der Waals surface area contributed by atoms with Crippen LogP contribution in [0.2, 0.25) is 0 Å². The number of fused-ring (bicyclic) bond motifs is 5. The van der Waals surface area contributed by atoms with Crippen LogP contribution in [0.25, 0.3) is 0 Å². The Balaban J connectivity index is 1.63. The van der Waals surface area contributed by atoms with Crippen molar-refractivity contribution in [2.24, 2.45) is 46.3 Å². The molecule has 0 heterocycles. The topological polar surface area (TPSA) is 26.3 Å². The molecule has 0 saturated heterocycles. The van der Waals surface area contributed by atoms with Crippen molar-refractivity contribution in [2.75, 3.05) is 7.11 Å². The molecule has 2 nitrogen and oxygen atoms in total. The second kappa shape index (κ2) is 6.38. The highest BCUT2D eigenvalue weighted by Crippen LogP contribution is 2.66. The van der Waals surface area contributed by atoms with Gasteiger partial charge < -0.3 is 4.74 Å². The Hall–Kier alpha value is -0.790. The zero-order valence-electron chi connectivity index (χ0n) is 17.5. The molecule has 0 amide bonds. The zero-order valence-corrected chi connectivity index (χ0v) is 17.5. The van der Waals surface area contributed by atoms with Crippen LogP contribution in [0.5, 0.6) is 0 Å². The molecule has 0 aromatic heterocycles. The van der Waals surface area contributed by atoms with Crippen LogP contribution in [0.4, 0.5) is 0 Å². The van der Waals surface area contributed by atoms with Crippen LogP contribution in [0, 0.1) is 46.3 Å². The van der Waals surface area contributed by atoms with Crippen molar-refractivity contribution >= 4 is 5.97 Å². The predicted octanol–water partition coefficient (Wildman–Crippen LogP) is 6.01. The first-order chi connectivity index (χ1) is 12.3. The van der Waals surface area contributed by atoms with Gasteiger partial charge in [0, 0.05) is 0 Å². The van der Waals surface area contributed by atoms with Crippen molar-refractivity contribution in [1.82, 2.24) is 0 Å². The summed E-state index contributed by atoms with van der Waals surface area (Å²) < 4.78 is 5.10. The minimum Gasteiger partial charge on any atom is -0.469 e. The van der Waals surface area contributed by atoms with Gasteiger partial charge in [0.25, 0.3) is 0 Å². The van der Waals surface area contributed by atoms with Crippen molar-refractivity contribution < 1.29 is 9.53 Å². The lowest BCUT2D eigenvalue weighted by Crippen LogP contribution is -2.48. The van der Waals surface area contributed by atoms with Gasteiger partial charge in [-0.3, -0.25) is 4.79 Å². The van der Waals surface area contributed by atoms with E-state index in [1.807, 2.05) is 5.57 Å². The van der Waals surface area contributed by atoms with Gasteiger partial charge in [-0.25, -0.2) is 0 Å². The Kier molecular flexibility index (Phi) is 4.56. The summed E-state index contributed by atoms with van der Waals surface area (Å²) in [6.45, 7) is 9.63.